The van der Waals surface area contributed by atoms with Crippen molar-refractivity contribution in [2.75, 3.05) is 21.3 Å². The fourth-order valence-electron chi connectivity index (χ4n) is 3.97. The Hall–Kier alpha value is -1.20. The van der Waals surface area contributed by atoms with E-state index in [0.29, 0.717) is 17.8 Å². The van der Waals surface area contributed by atoms with E-state index >= 15 is 0 Å². The summed E-state index contributed by atoms with van der Waals surface area (Å²) >= 11 is 0. The first-order chi connectivity index (χ1) is 11.5. The first-order valence-corrected chi connectivity index (χ1v) is 9.74. The molecule has 3 rings (SSSR count). The second-order valence-corrected chi connectivity index (χ2v) is 8.50. The topological polar surface area (TPSA) is 65.1 Å². The molecule has 2 bridgehead atoms. The molecule has 2 aliphatic rings. The van der Waals surface area contributed by atoms with E-state index in [9.17, 15) is 9.36 Å². The predicted molar refractivity (Wildman–Crippen MR) is 90.3 cm³/mol. The molecule has 5 atom stereocenters. The Morgan fingerprint density at radius 1 is 1.21 bits per heavy atom. The summed E-state index contributed by atoms with van der Waals surface area (Å²) < 4.78 is 29.5. The number of fused-ring (bicyclic) bond motifs is 2. The number of esters is 1. The van der Waals surface area contributed by atoms with Crippen LogP contribution >= 0.6 is 7.60 Å². The number of ether oxygens (including phenoxy) is 1. The highest BCUT2D eigenvalue weighted by molar-refractivity contribution is 7.62. The second-order valence-electron chi connectivity index (χ2n) is 6.41. The number of nitrogens with zero attached hydrogens (tertiary/aromatic N) is 1. The minimum Gasteiger partial charge on any atom is -0.469 e. The third kappa shape index (κ3) is 3.04. The SMILES string of the molecule is COC(=O)[C@H]1[C@@H](OP(=O)(OC)c2ccccc2)C[C@@H]2CC[C@H]1N2C. The van der Waals surface area contributed by atoms with Crippen molar-refractivity contribution < 1.29 is 23.1 Å². The van der Waals surface area contributed by atoms with Crippen molar-refractivity contribution in [1.29, 1.82) is 0 Å². The maximum absolute atomic E-state index is 13.2. The van der Waals surface area contributed by atoms with Gasteiger partial charge in [0.25, 0.3) is 0 Å². The van der Waals surface area contributed by atoms with Crippen molar-refractivity contribution in [3.05, 3.63) is 30.3 Å². The van der Waals surface area contributed by atoms with Crippen LogP contribution in [0.1, 0.15) is 19.3 Å². The highest BCUT2D eigenvalue weighted by Crippen LogP contribution is 2.52. The van der Waals surface area contributed by atoms with Crippen molar-refractivity contribution in [3.8, 4) is 0 Å². The van der Waals surface area contributed by atoms with Crippen molar-refractivity contribution in [1.82, 2.24) is 4.90 Å². The zero-order chi connectivity index (χ0) is 17.3. The molecule has 0 aliphatic carbocycles. The van der Waals surface area contributed by atoms with Crippen LogP contribution in [0.25, 0.3) is 0 Å². The number of hydrogen-bond acceptors (Lipinski definition) is 6. The molecule has 0 N–H and O–H groups in total. The Morgan fingerprint density at radius 2 is 1.92 bits per heavy atom. The molecule has 0 amide bonds. The zero-order valence-electron chi connectivity index (χ0n) is 14.3. The molecule has 1 aromatic rings. The molecule has 7 heteroatoms. The van der Waals surface area contributed by atoms with E-state index in [1.807, 2.05) is 13.1 Å². The van der Waals surface area contributed by atoms with Crippen molar-refractivity contribution >= 4 is 18.9 Å². The van der Waals surface area contributed by atoms with Gasteiger partial charge in [-0.3, -0.25) is 14.3 Å². The minimum absolute atomic E-state index is 0.0577. The van der Waals surface area contributed by atoms with E-state index < -0.39 is 19.6 Å². The Balaban J connectivity index is 1.89. The summed E-state index contributed by atoms with van der Waals surface area (Å²) in [6, 6.07) is 9.27. The smallest absolute Gasteiger partial charge is 0.361 e. The van der Waals surface area contributed by atoms with Gasteiger partial charge in [-0.25, -0.2) is 0 Å². The molecular formula is C17H24NO5P. The van der Waals surface area contributed by atoms with Gasteiger partial charge in [0.1, 0.15) is 0 Å². The number of rotatable bonds is 5. The van der Waals surface area contributed by atoms with Crippen LogP contribution in [0.15, 0.2) is 30.3 Å². The van der Waals surface area contributed by atoms with Gasteiger partial charge in [-0.1, -0.05) is 18.2 Å². The number of carbonyl (C=O) groups is 1. The fourth-order valence-corrected chi connectivity index (χ4v) is 5.50. The van der Waals surface area contributed by atoms with Crippen LogP contribution in [0.5, 0.6) is 0 Å². The van der Waals surface area contributed by atoms with Crippen LogP contribution in [-0.4, -0.2) is 50.3 Å². The molecule has 2 saturated heterocycles. The zero-order valence-corrected chi connectivity index (χ0v) is 15.1. The number of piperidine rings is 1. The number of benzene rings is 1. The van der Waals surface area contributed by atoms with E-state index in [1.54, 1.807) is 24.3 Å². The lowest BCUT2D eigenvalue weighted by Gasteiger charge is -2.41. The summed E-state index contributed by atoms with van der Waals surface area (Å²) in [5, 5.41) is 0.502. The third-order valence-corrected chi connectivity index (χ3v) is 7.23. The van der Waals surface area contributed by atoms with E-state index in [1.165, 1.54) is 14.2 Å². The lowest BCUT2D eigenvalue weighted by atomic mass is 9.88. The van der Waals surface area contributed by atoms with Gasteiger partial charge in [0.15, 0.2) is 0 Å². The molecular weight excluding hydrogens is 329 g/mol. The normalized spacial score (nSPS) is 32.3. The van der Waals surface area contributed by atoms with Gasteiger partial charge in [0.2, 0.25) is 0 Å². The van der Waals surface area contributed by atoms with Crippen molar-refractivity contribution in [2.24, 2.45) is 5.92 Å². The maximum Gasteiger partial charge on any atom is 0.361 e. The lowest BCUT2D eigenvalue weighted by molar-refractivity contribution is -0.154. The van der Waals surface area contributed by atoms with Crippen LogP contribution in [0.3, 0.4) is 0 Å². The standard InChI is InChI=1S/C17H24NO5P/c1-18-12-9-10-14(18)16(17(19)21-2)15(11-12)23-24(20,22-3)13-7-5-4-6-8-13/h4-8,12,14-16H,9-11H2,1-3H3/t12-,14+,15-,16+,24?/m0/s1. The van der Waals surface area contributed by atoms with Crippen molar-refractivity contribution in [3.63, 3.8) is 0 Å². The first kappa shape index (κ1) is 17.6. The lowest BCUT2D eigenvalue weighted by Crippen LogP contribution is -2.53. The van der Waals surface area contributed by atoms with Gasteiger partial charge in [0, 0.05) is 19.2 Å². The van der Waals surface area contributed by atoms with E-state index in [4.69, 9.17) is 13.8 Å². The summed E-state index contributed by atoms with van der Waals surface area (Å²) in [6.07, 6.45) is 2.10. The molecule has 6 nitrogen and oxygen atoms in total. The van der Waals surface area contributed by atoms with Gasteiger partial charge in [-0.05, 0) is 38.4 Å². The molecule has 0 spiro atoms. The summed E-state index contributed by atoms with van der Waals surface area (Å²) in [4.78, 5) is 14.6. The van der Waals surface area contributed by atoms with E-state index in [-0.39, 0.29) is 12.0 Å². The van der Waals surface area contributed by atoms with E-state index in [2.05, 4.69) is 4.90 Å². The van der Waals surface area contributed by atoms with Crippen molar-refractivity contribution in [2.45, 2.75) is 37.5 Å². The molecule has 1 unspecified atom stereocenters. The monoisotopic (exact) mass is 353 g/mol. The Kier molecular flexibility index (Phi) is 5.11. The van der Waals surface area contributed by atoms with Crippen LogP contribution in [0, 0.1) is 5.92 Å². The molecule has 0 radical (unpaired) electrons. The molecule has 24 heavy (non-hydrogen) atoms. The van der Waals surface area contributed by atoms with Gasteiger partial charge in [-0.15, -0.1) is 0 Å². The average Bonchev–Trinajstić information content (AvgIpc) is 2.85. The van der Waals surface area contributed by atoms with Gasteiger partial charge in [0.05, 0.1) is 24.4 Å². The Labute approximate surface area is 142 Å². The number of methoxy groups -OCH3 is 1. The molecule has 0 aromatic heterocycles. The molecule has 2 heterocycles. The van der Waals surface area contributed by atoms with Crippen LogP contribution in [0.2, 0.25) is 0 Å². The van der Waals surface area contributed by atoms with E-state index in [0.717, 1.165) is 12.8 Å². The van der Waals surface area contributed by atoms with Crippen LogP contribution < -0.4 is 5.30 Å². The first-order valence-electron chi connectivity index (χ1n) is 8.19. The largest absolute Gasteiger partial charge is 0.469 e. The summed E-state index contributed by atoms with van der Waals surface area (Å²) in [5.41, 5.74) is 0. The molecule has 2 aliphatic heterocycles. The molecule has 132 valence electrons. The number of hydrogen-bond donors (Lipinski definition) is 0. The Morgan fingerprint density at radius 3 is 2.54 bits per heavy atom. The average molecular weight is 353 g/mol. The molecule has 1 aromatic carbocycles. The highest BCUT2D eigenvalue weighted by Gasteiger charge is 2.51. The molecule has 2 fully saturated rings. The number of carbonyl (C=O) groups excluding carboxylic acids is 1. The maximum atomic E-state index is 13.2. The Bertz CT molecular complexity index is 637. The minimum atomic E-state index is -3.48. The summed E-state index contributed by atoms with van der Waals surface area (Å²) in [5.74, 6) is -0.765. The fraction of sp³-hybridized carbons (Fsp3) is 0.588. The van der Waals surface area contributed by atoms with Gasteiger partial charge >= 0.3 is 13.6 Å². The highest BCUT2D eigenvalue weighted by atomic mass is 31.2. The third-order valence-electron chi connectivity index (χ3n) is 5.27. The molecule has 0 saturated carbocycles. The quantitative estimate of drug-likeness (QED) is 0.597. The second kappa shape index (κ2) is 6.96. The van der Waals surface area contributed by atoms with Gasteiger partial charge in [-0.2, -0.15) is 0 Å². The van der Waals surface area contributed by atoms with Crippen LogP contribution in [0.4, 0.5) is 0 Å². The van der Waals surface area contributed by atoms with Gasteiger partial charge < -0.3 is 13.8 Å². The summed E-state index contributed by atoms with van der Waals surface area (Å²) in [6.45, 7) is 0. The predicted octanol–water partition coefficient (Wildman–Crippen LogP) is 2.19. The van der Waals surface area contributed by atoms with Crippen LogP contribution in [-0.2, 0) is 23.1 Å². The summed E-state index contributed by atoms with van der Waals surface area (Å²) in [7, 11) is 1.31.